The van der Waals surface area contributed by atoms with E-state index >= 15 is 0 Å². The minimum atomic E-state index is -0.299. The summed E-state index contributed by atoms with van der Waals surface area (Å²) in [5.74, 6) is 0.480. The van der Waals surface area contributed by atoms with E-state index in [0.717, 1.165) is 5.75 Å². The number of carbonyl (C=O) groups is 4. The summed E-state index contributed by atoms with van der Waals surface area (Å²) in [6, 6.07) is 0.0662. The topological polar surface area (TPSA) is 108 Å². The van der Waals surface area contributed by atoms with Gasteiger partial charge in [0.2, 0.25) is 11.8 Å². The Labute approximate surface area is 163 Å². The van der Waals surface area contributed by atoms with Crippen molar-refractivity contribution in [2.24, 2.45) is 0 Å². The first-order valence-corrected chi connectivity index (χ1v) is 10.4. The number of likely N-dealkylation sites (tertiary alicyclic amines) is 1. The molecule has 0 aromatic heterocycles. The number of hydrogen-bond acceptors (Lipinski definition) is 6. The molecule has 0 aromatic carbocycles. The Bertz CT molecular complexity index is 551. The Morgan fingerprint density at radius 2 is 1.93 bits per heavy atom. The van der Waals surface area contributed by atoms with Gasteiger partial charge in [-0.2, -0.15) is 0 Å². The molecular formula is C17H28N4O5S. The van der Waals surface area contributed by atoms with Crippen LogP contribution in [-0.2, 0) is 14.3 Å². The van der Waals surface area contributed by atoms with Crippen LogP contribution in [0.1, 0.15) is 32.6 Å². The molecule has 0 spiro atoms. The molecule has 0 atom stereocenters. The van der Waals surface area contributed by atoms with Crippen LogP contribution in [0.15, 0.2) is 0 Å². The monoisotopic (exact) mass is 400 g/mol. The van der Waals surface area contributed by atoms with Gasteiger partial charge in [0.15, 0.2) is 0 Å². The van der Waals surface area contributed by atoms with Gasteiger partial charge in [-0.05, 0) is 26.2 Å². The molecule has 2 aliphatic rings. The van der Waals surface area contributed by atoms with Crippen LogP contribution >= 0.6 is 11.8 Å². The van der Waals surface area contributed by atoms with E-state index in [-0.39, 0.29) is 35.7 Å². The quantitative estimate of drug-likeness (QED) is 0.583. The smallest absolute Gasteiger partial charge is 0.409 e. The second-order valence-corrected chi connectivity index (χ2v) is 7.56. The summed E-state index contributed by atoms with van der Waals surface area (Å²) in [7, 11) is 0. The molecule has 2 fully saturated rings. The molecule has 27 heavy (non-hydrogen) atoms. The van der Waals surface area contributed by atoms with Crippen LogP contribution in [0.5, 0.6) is 0 Å². The van der Waals surface area contributed by atoms with Gasteiger partial charge in [0.1, 0.15) is 6.54 Å². The summed E-state index contributed by atoms with van der Waals surface area (Å²) < 4.78 is 4.97. The molecule has 0 unspecified atom stereocenters. The minimum Gasteiger partial charge on any atom is -0.450 e. The van der Waals surface area contributed by atoms with Crippen LogP contribution in [-0.4, -0.2) is 84.1 Å². The first kappa shape index (κ1) is 21.3. The van der Waals surface area contributed by atoms with Crippen molar-refractivity contribution >= 4 is 34.9 Å². The SMILES string of the molecule is CCOC(=O)N1CCC(NC(=O)CCCNC(=O)CN2CCSC2=O)CC1. The Morgan fingerprint density at radius 3 is 2.56 bits per heavy atom. The number of rotatable bonds is 8. The van der Waals surface area contributed by atoms with Gasteiger partial charge in [0.25, 0.3) is 5.24 Å². The summed E-state index contributed by atoms with van der Waals surface area (Å²) >= 11 is 1.23. The maximum absolute atomic E-state index is 12.0. The number of amides is 4. The third-order valence-electron chi connectivity index (χ3n) is 4.47. The molecule has 4 amide bonds. The first-order chi connectivity index (χ1) is 13.0. The van der Waals surface area contributed by atoms with Gasteiger partial charge in [-0.3, -0.25) is 14.4 Å². The van der Waals surface area contributed by atoms with Crippen molar-refractivity contribution < 1.29 is 23.9 Å². The molecule has 0 aliphatic carbocycles. The van der Waals surface area contributed by atoms with Gasteiger partial charge in [-0.1, -0.05) is 11.8 Å². The van der Waals surface area contributed by atoms with Gasteiger partial charge < -0.3 is 25.2 Å². The van der Waals surface area contributed by atoms with Crippen LogP contribution in [0.3, 0.4) is 0 Å². The highest BCUT2D eigenvalue weighted by molar-refractivity contribution is 8.13. The summed E-state index contributed by atoms with van der Waals surface area (Å²) in [6.45, 7) is 4.38. The molecule has 152 valence electrons. The number of nitrogens with one attached hydrogen (secondary N) is 2. The normalized spacial score (nSPS) is 17.7. The van der Waals surface area contributed by atoms with E-state index in [9.17, 15) is 19.2 Å². The molecule has 2 rings (SSSR count). The lowest BCUT2D eigenvalue weighted by molar-refractivity contribution is -0.123. The fourth-order valence-corrected chi connectivity index (χ4v) is 3.82. The predicted octanol–water partition coefficient (Wildman–Crippen LogP) is 0.789. The zero-order chi connectivity index (χ0) is 19.6. The molecule has 0 bridgehead atoms. The number of piperidine rings is 1. The molecule has 0 saturated carbocycles. The van der Waals surface area contributed by atoms with Crippen molar-refractivity contribution in [1.82, 2.24) is 20.4 Å². The highest BCUT2D eigenvalue weighted by Gasteiger charge is 2.25. The third-order valence-corrected chi connectivity index (χ3v) is 5.36. The highest BCUT2D eigenvalue weighted by Crippen LogP contribution is 2.16. The molecule has 2 aliphatic heterocycles. The average molecular weight is 401 g/mol. The Hall–Kier alpha value is -1.97. The predicted molar refractivity (Wildman–Crippen MR) is 101 cm³/mol. The van der Waals surface area contributed by atoms with E-state index in [2.05, 4.69) is 10.6 Å². The fraction of sp³-hybridized carbons (Fsp3) is 0.765. The van der Waals surface area contributed by atoms with Crippen LogP contribution in [0.4, 0.5) is 9.59 Å². The largest absolute Gasteiger partial charge is 0.450 e. The molecule has 10 heteroatoms. The van der Waals surface area contributed by atoms with Crippen LogP contribution < -0.4 is 10.6 Å². The van der Waals surface area contributed by atoms with Crippen LogP contribution in [0, 0.1) is 0 Å². The summed E-state index contributed by atoms with van der Waals surface area (Å²) in [5, 5.41) is 5.66. The van der Waals surface area contributed by atoms with Crippen molar-refractivity contribution in [1.29, 1.82) is 0 Å². The lowest BCUT2D eigenvalue weighted by Gasteiger charge is -2.31. The molecule has 2 saturated heterocycles. The molecule has 0 radical (unpaired) electrons. The van der Waals surface area contributed by atoms with Gasteiger partial charge in [-0.25, -0.2) is 4.79 Å². The molecule has 9 nitrogen and oxygen atoms in total. The lowest BCUT2D eigenvalue weighted by atomic mass is 10.1. The zero-order valence-corrected chi connectivity index (χ0v) is 16.5. The van der Waals surface area contributed by atoms with Gasteiger partial charge in [0, 0.05) is 44.4 Å². The van der Waals surface area contributed by atoms with Crippen molar-refractivity contribution in [3.63, 3.8) is 0 Å². The third kappa shape index (κ3) is 7.28. The van der Waals surface area contributed by atoms with E-state index in [1.54, 1.807) is 11.8 Å². The van der Waals surface area contributed by atoms with Crippen molar-refractivity contribution in [3.05, 3.63) is 0 Å². The molecular weight excluding hydrogens is 372 g/mol. The maximum Gasteiger partial charge on any atom is 0.409 e. The summed E-state index contributed by atoms with van der Waals surface area (Å²) in [6.07, 6.45) is 2.00. The second-order valence-electron chi connectivity index (χ2n) is 6.52. The van der Waals surface area contributed by atoms with E-state index in [0.29, 0.717) is 58.5 Å². The lowest BCUT2D eigenvalue weighted by Crippen LogP contribution is -2.46. The van der Waals surface area contributed by atoms with Crippen molar-refractivity contribution in [2.75, 3.05) is 45.1 Å². The molecule has 2 N–H and O–H groups in total. The molecule has 2 heterocycles. The summed E-state index contributed by atoms with van der Waals surface area (Å²) in [4.78, 5) is 50.1. The van der Waals surface area contributed by atoms with Crippen LogP contribution in [0.25, 0.3) is 0 Å². The average Bonchev–Trinajstić information content (AvgIpc) is 3.04. The Morgan fingerprint density at radius 1 is 1.19 bits per heavy atom. The van der Waals surface area contributed by atoms with Crippen LogP contribution in [0.2, 0.25) is 0 Å². The van der Waals surface area contributed by atoms with Gasteiger partial charge in [-0.15, -0.1) is 0 Å². The Kier molecular flexibility index (Phi) is 8.70. The number of carbonyl (C=O) groups excluding carboxylic acids is 4. The van der Waals surface area contributed by atoms with E-state index in [4.69, 9.17) is 4.74 Å². The zero-order valence-electron chi connectivity index (χ0n) is 15.7. The number of nitrogens with zero attached hydrogens (tertiary/aromatic N) is 2. The van der Waals surface area contributed by atoms with E-state index in [1.807, 2.05) is 0 Å². The molecule has 0 aromatic rings. The van der Waals surface area contributed by atoms with Crippen molar-refractivity contribution in [2.45, 2.75) is 38.6 Å². The van der Waals surface area contributed by atoms with Gasteiger partial charge >= 0.3 is 6.09 Å². The number of hydrogen-bond donors (Lipinski definition) is 2. The maximum atomic E-state index is 12.0. The van der Waals surface area contributed by atoms with E-state index in [1.165, 1.54) is 16.7 Å². The fourth-order valence-electron chi connectivity index (χ4n) is 3.00. The van der Waals surface area contributed by atoms with Gasteiger partial charge in [0.05, 0.1) is 6.61 Å². The number of thioether (sulfide) groups is 1. The Balaban J connectivity index is 1.53. The second kappa shape index (κ2) is 11.0. The number of ether oxygens (including phenoxy) is 1. The highest BCUT2D eigenvalue weighted by atomic mass is 32.2. The van der Waals surface area contributed by atoms with E-state index < -0.39 is 0 Å². The standard InChI is InChI=1S/C17H28N4O5S/c1-2-26-16(24)20-8-5-13(6-9-20)19-14(22)4-3-7-18-15(23)12-21-10-11-27-17(21)25/h13H,2-12H2,1H3,(H,18,23)(H,19,22). The van der Waals surface area contributed by atoms with Crippen molar-refractivity contribution in [3.8, 4) is 0 Å². The first-order valence-electron chi connectivity index (χ1n) is 9.39. The summed E-state index contributed by atoms with van der Waals surface area (Å²) in [5.41, 5.74) is 0. The minimum absolute atomic E-state index is 0.0510.